The van der Waals surface area contributed by atoms with E-state index in [1.54, 1.807) is 0 Å². The minimum absolute atomic E-state index is 0.0310. The van der Waals surface area contributed by atoms with Crippen molar-refractivity contribution in [2.75, 3.05) is 0 Å². The highest BCUT2D eigenvalue weighted by atomic mass is 16.1. The van der Waals surface area contributed by atoms with E-state index in [0.29, 0.717) is 11.5 Å². The average molecular weight is 344 g/mol. The molecule has 2 fully saturated rings. The first-order valence-corrected chi connectivity index (χ1v) is 9.61. The summed E-state index contributed by atoms with van der Waals surface area (Å²) in [6, 6.07) is 18.3. The molecule has 0 aliphatic heterocycles. The zero-order valence-corrected chi connectivity index (χ0v) is 14.9. The maximum absolute atomic E-state index is 12.4. The van der Waals surface area contributed by atoms with Gasteiger partial charge in [-0.2, -0.15) is 5.26 Å². The number of carbonyl (C=O) groups excluding carboxylic acids is 1. The fourth-order valence-corrected chi connectivity index (χ4v) is 3.93. The Morgan fingerprint density at radius 3 is 2.31 bits per heavy atom. The number of benzene rings is 2. The molecule has 0 radical (unpaired) electrons. The highest BCUT2D eigenvalue weighted by Gasteiger charge is 2.31. The molecule has 0 atom stereocenters. The molecule has 0 unspecified atom stereocenters. The van der Waals surface area contributed by atoms with Crippen molar-refractivity contribution >= 4 is 5.91 Å². The summed E-state index contributed by atoms with van der Waals surface area (Å²) in [7, 11) is 0. The number of nitriles is 1. The Labute approximate surface area is 155 Å². The topological polar surface area (TPSA) is 52.9 Å². The van der Waals surface area contributed by atoms with Crippen LogP contribution in [-0.2, 0) is 6.42 Å². The van der Waals surface area contributed by atoms with Gasteiger partial charge in [0.05, 0.1) is 11.6 Å². The van der Waals surface area contributed by atoms with Crippen LogP contribution in [-0.4, -0.2) is 11.9 Å². The van der Waals surface area contributed by atoms with Crippen LogP contribution in [0, 0.1) is 17.2 Å². The lowest BCUT2D eigenvalue weighted by Gasteiger charge is -2.36. The highest BCUT2D eigenvalue weighted by molar-refractivity contribution is 5.94. The fourth-order valence-electron chi connectivity index (χ4n) is 3.93. The molecule has 3 nitrogen and oxygen atoms in total. The van der Waals surface area contributed by atoms with Crippen molar-refractivity contribution < 1.29 is 4.79 Å². The van der Waals surface area contributed by atoms with E-state index >= 15 is 0 Å². The molecule has 2 aromatic carbocycles. The lowest BCUT2D eigenvalue weighted by molar-refractivity contribution is 0.0909. The van der Waals surface area contributed by atoms with Crippen molar-refractivity contribution in [1.82, 2.24) is 5.32 Å². The smallest absolute Gasteiger partial charge is 0.251 e. The van der Waals surface area contributed by atoms with Crippen molar-refractivity contribution in [2.24, 2.45) is 5.92 Å². The Hall–Kier alpha value is -2.60. The van der Waals surface area contributed by atoms with E-state index in [2.05, 4.69) is 23.5 Å². The van der Waals surface area contributed by atoms with E-state index in [0.717, 1.165) is 30.7 Å². The first kappa shape index (κ1) is 16.8. The van der Waals surface area contributed by atoms with Crippen molar-refractivity contribution in [3.05, 3.63) is 70.8 Å². The van der Waals surface area contributed by atoms with E-state index in [1.165, 1.54) is 30.4 Å². The molecule has 3 heteroatoms. The molecule has 2 aliphatic rings. The maximum atomic E-state index is 12.4. The summed E-state index contributed by atoms with van der Waals surface area (Å²) in [6.07, 6.45) is 7.16. The molecule has 4 rings (SSSR count). The van der Waals surface area contributed by atoms with Crippen molar-refractivity contribution in [3.8, 4) is 6.07 Å². The Morgan fingerprint density at radius 2 is 1.73 bits per heavy atom. The molecule has 0 heterocycles. The van der Waals surface area contributed by atoms with Gasteiger partial charge in [0.1, 0.15) is 0 Å². The van der Waals surface area contributed by atoms with Crippen molar-refractivity contribution in [1.29, 1.82) is 5.26 Å². The second-order valence-electron chi connectivity index (χ2n) is 7.77. The number of nitrogens with zero attached hydrogens (tertiary/aromatic N) is 1. The van der Waals surface area contributed by atoms with Crippen molar-refractivity contribution in [2.45, 2.75) is 50.5 Å². The summed E-state index contributed by atoms with van der Waals surface area (Å²) < 4.78 is 0. The van der Waals surface area contributed by atoms with E-state index in [4.69, 9.17) is 5.26 Å². The number of carbonyl (C=O) groups is 1. The number of nitrogens with one attached hydrogen (secondary N) is 1. The molecule has 1 N–H and O–H groups in total. The summed E-state index contributed by atoms with van der Waals surface area (Å²) in [4.78, 5) is 12.4. The molecule has 2 aliphatic carbocycles. The predicted molar refractivity (Wildman–Crippen MR) is 102 cm³/mol. The molecule has 2 saturated carbocycles. The van der Waals surface area contributed by atoms with Crippen LogP contribution in [0.25, 0.3) is 0 Å². The van der Waals surface area contributed by atoms with Gasteiger partial charge in [0.2, 0.25) is 0 Å². The lowest BCUT2D eigenvalue weighted by Crippen LogP contribution is -2.43. The SMILES string of the molecule is N#Cc1ccc(C2CC(NC(=O)c3ccc(CC4CCC4)cc3)C2)cc1. The number of amides is 1. The molecule has 2 aromatic rings. The quantitative estimate of drug-likeness (QED) is 0.863. The second-order valence-corrected chi connectivity index (χ2v) is 7.77. The van der Waals surface area contributed by atoms with Crippen molar-refractivity contribution in [3.63, 3.8) is 0 Å². The molecule has 0 saturated heterocycles. The summed E-state index contributed by atoms with van der Waals surface area (Å²) in [6.45, 7) is 0. The Bertz CT molecular complexity index is 807. The van der Waals surface area contributed by atoms with Gasteiger partial charge in [-0.3, -0.25) is 4.79 Å². The van der Waals surface area contributed by atoms with Crippen LogP contribution in [0.5, 0.6) is 0 Å². The summed E-state index contributed by atoms with van der Waals surface area (Å²) >= 11 is 0. The van der Waals surface area contributed by atoms with Gasteiger partial charge in [-0.15, -0.1) is 0 Å². The van der Waals surface area contributed by atoms with Gasteiger partial charge in [-0.25, -0.2) is 0 Å². The fraction of sp³-hybridized carbons (Fsp3) is 0.391. The van der Waals surface area contributed by atoms with Gasteiger partial charge in [0.25, 0.3) is 5.91 Å². The predicted octanol–water partition coefficient (Wildman–Crippen LogP) is 4.58. The first-order chi connectivity index (χ1) is 12.7. The van der Waals surface area contributed by atoms with Gasteiger partial charge in [0.15, 0.2) is 0 Å². The van der Waals surface area contributed by atoms with Crippen LogP contribution in [0.3, 0.4) is 0 Å². The van der Waals surface area contributed by atoms with Crippen LogP contribution in [0.15, 0.2) is 48.5 Å². The van der Waals surface area contributed by atoms with Gasteiger partial charge in [0, 0.05) is 11.6 Å². The van der Waals surface area contributed by atoms with Gasteiger partial charge in [-0.1, -0.05) is 43.5 Å². The van der Waals surface area contributed by atoms with Crippen LogP contribution < -0.4 is 5.32 Å². The molecular weight excluding hydrogens is 320 g/mol. The molecule has 0 bridgehead atoms. The lowest BCUT2D eigenvalue weighted by atomic mass is 9.75. The molecule has 1 amide bonds. The third-order valence-electron chi connectivity index (χ3n) is 5.95. The van der Waals surface area contributed by atoms with Gasteiger partial charge >= 0.3 is 0 Å². The van der Waals surface area contributed by atoms with Crippen LogP contribution in [0.4, 0.5) is 0 Å². The van der Waals surface area contributed by atoms with E-state index in [9.17, 15) is 4.79 Å². The average Bonchev–Trinajstić information content (AvgIpc) is 2.61. The molecule has 0 aromatic heterocycles. The Kier molecular flexibility index (Phi) is 4.75. The monoisotopic (exact) mass is 344 g/mol. The molecule has 132 valence electrons. The van der Waals surface area contributed by atoms with E-state index < -0.39 is 0 Å². The minimum Gasteiger partial charge on any atom is -0.349 e. The highest BCUT2D eigenvalue weighted by Crippen LogP contribution is 2.37. The second kappa shape index (κ2) is 7.33. The Morgan fingerprint density at radius 1 is 1.04 bits per heavy atom. The summed E-state index contributed by atoms with van der Waals surface area (Å²) in [5, 5.41) is 12.0. The third kappa shape index (κ3) is 3.65. The minimum atomic E-state index is 0.0310. The zero-order valence-electron chi connectivity index (χ0n) is 14.9. The van der Waals surface area contributed by atoms with Crippen LogP contribution in [0.1, 0.15) is 65.1 Å². The van der Waals surface area contributed by atoms with Crippen LogP contribution >= 0.6 is 0 Å². The third-order valence-corrected chi connectivity index (χ3v) is 5.95. The zero-order chi connectivity index (χ0) is 17.9. The number of hydrogen-bond acceptors (Lipinski definition) is 2. The van der Waals surface area contributed by atoms with E-state index in [-0.39, 0.29) is 11.9 Å². The molecule has 0 spiro atoms. The molecular formula is C23H24N2O. The summed E-state index contributed by atoms with van der Waals surface area (Å²) in [5.41, 5.74) is 4.05. The first-order valence-electron chi connectivity index (χ1n) is 9.61. The number of rotatable bonds is 5. The summed E-state index contributed by atoms with van der Waals surface area (Å²) in [5.74, 6) is 1.37. The van der Waals surface area contributed by atoms with E-state index in [1.807, 2.05) is 36.4 Å². The normalized spacial score (nSPS) is 22.0. The van der Waals surface area contributed by atoms with Crippen LogP contribution in [0.2, 0.25) is 0 Å². The van der Waals surface area contributed by atoms with Gasteiger partial charge < -0.3 is 5.32 Å². The molecule has 26 heavy (non-hydrogen) atoms. The largest absolute Gasteiger partial charge is 0.349 e. The number of hydrogen-bond donors (Lipinski definition) is 1. The standard InChI is InChI=1S/C23H24N2O/c24-15-18-6-8-19(9-7-18)21-13-22(14-21)25-23(26)20-10-4-17(5-11-20)12-16-2-1-3-16/h4-11,16,21-22H,1-3,12-14H2,(H,25,26). The maximum Gasteiger partial charge on any atom is 0.251 e. The van der Waals surface area contributed by atoms with Gasteiger partial charge in [-0.05, 0) is 66.5 Å². The Balaban J connectivity index is 1.27.